The summed E-state index contributed by atoms with van der Waals surface area (Å²) in [4.78, 5) is 38.2. The van der Waals surface area contributed by atoms with Crippen LogP contribution in [0.5, 0.6) is 5.75 Å². The molecule has 0 bridgehead atoms. The quantitative estimate of drug-likeness (QED) is 0.701. The Bertz CT molecular complexity index is 842. The number of rotatable bonds is 6. The zero-order valence-electron chi connectivity index (χ0n) is 16.9. The Morgan fingerprint density at radius 3 is 2.47 bits per heavy atom. The van der Waals surface area contributed by atoms with Crippen LogP contribution in [0.1, 0.15) is 19.4 Å². The van der Waals surface area contributed by atoms with E-state index >= 15 is 0 Å². The average molecular weight is 426 g/mol. The van der Waals surface area contributed by atoms with Gasteiger partial charge in [0.25, 0.3) is 5.92 Å². The Morgan fingerprint density at radius 1 is 1.27 bits per heavy atom. The molecular weight excluding hydrogens is 402 g/mol. The lowest BCUT2D eigenvalue weighted by atomic mass is 9.93. The minimum atomic E-state index is -3.44. The van der Waals surface area contributed by atoms with E-state index in [-0.39, 0.29) is 19.7 Å². The first-order valence-electron chi connectivity index (χ1n) is 9.42. The normalized spacial score (nSPS) is 22.8. The van der Waals surface area contributed by atoms with Crippen molar-refractivity contribution in [3.05, 3.63) is 29.8 Å². The third-order valence-electron chi connectivity index (χ3n) is 5.52. The third-order valence-corrected chi connectivity index (χ3v) is 5.52. The SMILES string of the molecule is COc1ccc(COC(=O)C(C)(C)CN2CC3C(C2=O)C(F)(F)CN3C(=O)O)cc1. The van der Waals surface area contributed by atoms with E-state index in [2.05, 4.69) is 0 Å². The lowest BCUT2D eigenvalue weighted by Crippen LogP contribution is -2.45. The minimum absolute atomic E-state index is 0.0102. The molecular formula is C20H24F2N2O6. The first-order chi connectivity index (χ1) is 14.0. The topological polar surface area (TPSA) is 96.4 Å². The minimum Gasteiger partial charge on any atom is -0.497 e. The number of carboxylic acid groups (broad SMARTS) is 1. The predicted octanol–water partition coefficient (Wildman–Crippen LogP) is 2.22. The molecule has 2 heterocycles. The van der Waals surface area contributed by atoms with Crippen LogP contribution in [0.25, 0.3) is 0 Å². The maximum atomic E-state index is 14.2. The zero-order valence-corrected chi connectivity index (χ0v) is 16.9. The number of likely N-dealkylation sites (tertiary alicyclic amines) is 2. The number of carbonyl (C=O) groups is 3. The van der Waals surface area contributed by atoms with Crippen molar-refractivity contribution in [2.24, 2.45) is 11.3 Å². The zero-order chi connectivity index (χ0) is 22.3. The van der Waals surface area contributed by atoms with E-state index in [1.54, 1.807) is 38.1 Å². The monoisotopic (exact) mass is 426 g/mol. The van der Waals surface area contributed by atoms with Gasteiger partial charge < -0.3 is 19.5 Å². The van der Waals surface area contributed by atoms with Gasteiger partial charge in [-0.25, -0.2) is 13.6 Å². The number of carbonyl (C=O) groups excluding carboxylic acids is 2. The van der Waals surface area contributed by atoms with E-state index < -0.39 is 47.8 Å². The van der Waals surface area contributed by atoms with E-state index in [1.807, 2.05) is 0 Å². The van der Waals surface area contributed by atoms with Crippen LogP contribution in [0.15, 0.2) is 24.3 Å². The number of methoxy groups -OCH3 is 1. The number of fused-ring (bicyclic) bond motifs is 1. The van der Waals surface area contributed by atoms with Crippen molar-refractivity contribution in [2.75, 3.05) is 26.7 Å². The number of alkyl halides is 2. The third kappa shape index (κ3) is 4.03. The van der Waals surface area contributed by atoms with Crippen molar-refractivity contribution in [3.8, 4) is 5.75 Å². The Morgan fingerprint density at radius 2 is 1.90 bits per heavy atom. The number of amides is 2. The Labute approximate surface area is 172 Å². The van der Waals surface area contributed by atoms with E-state index in [4.69, 9.17) is 9.47 Å². The highest BCUT2D eigenvalue weighted by atomic mass is 19.3. The van der Waals surface area contributed by atoms with Crippen LogP contribution in [0.2, 0.25) is 0 Å². The van der Waals surface area contributed by atoms with Crippen LogP contribution in [-0.2, 0) is 20.9 Å². The summed E-state index contributed by atoms with van der Waals surface area (Å²) in [6.07, 6.45) is -1.49. The van der Waals surface area contributed by atoms with Gasteiger partial charge >= 0.3 is 12.1 Å². The van der Waals surface area contributed by atoms with Gasteiger partial charge in [0.15, 0.2) is 0 Å². The fraction of sp³-hybridized carbons (Fsp3) is 0.550. The summed E-state index contributed by atoms with van der Waals surface area (Å²) in [6.45, 7) is 1.79. The standard InChI is InChI=1S/C20H24F2N2O6/c1-19(2,17(26)30-9-12-4-6-13(29-3)7-5-12)10-23-8-14-15(16(23)25)20(21,22)11-24(14)18(27)28/h4-7,14-15H,8-11H2,1-3H3,(H,27,28). The second-order valence-corrected chi connectivity index (χ2v) is 8.24. The van der Waals surface area contributed by atoms with Crippen molar-refractivity contribution >= 4 is 18.0 Å². The molecule has 2 aliphatic rings. The van der Waals surface area contributed by atoms with E-state index in [0.29, 0.717) is 10.6 Å². The number of hydrogen-bond donors (Lipinski definition) is 1. The smallest absolute Gasteiger partial charge is 0.407 e. The highest BCUT2D eigenvalue weighted by Gasteiger charge is 2.64. The molecule has 2 aliphatic heterocycles. The molecule has 1 aromatic carbocycles. The lowest BCUT2D eigenvalue weighted by molar-refractivity contribution is -0.157. The molecule has 0 aromatic heterocycles. The largest absolute Gasteiger partial charge is 0.497 e. The van der Waals surface area contributed by atoms with Crippen LogP contribution in [-0.4, -0.2) is 71.6 Å². The molecule has 1 N–H and O–H groups in total. The maximum Gasteiger partial charge on any atom is 0.407 e. The summed E-state index contributed by atoms with van der Waals surface area (Å²) in [6, 6.07) is 5.81. The second kappa shape index (κ2) is 7.73. The molecule has 2 saturated heterocycles. The maximum absolute atomic E-state index is 14.2. The highest BCUT2D eigenvalue weighted by Crippen LogP contribution is 2.43. The van der Waals surface area contributed by atoms with Crippen molar-refractivity contribution in [3.63, 3.8) is 0 Å². The molecule has 30 heavy (non-hydrogen) atoms. The summed E-state index contributed by atoms with van der Waals surface area (Å²) in [5, 5.41) is 9.18. The summed E-state index contributed by atoms with van der Waals surface area (Å²) in [7, 11) is 1.54. The van der Waals surface area contributed by atoms with Gasteiger partial charge in [-0.05, 0) is 31.5 Å². The van der Waals surface area contributed by atoms with Gasteiger partial charge in [-0.3, -0.25) is 14.5 Å². The molecule has 0 spiro atoms. The highest BCUT2D eigenvalue weighted by molar-refractivity contribution is 5.86. The van der Waals surface area contributed by atoms with Crippen LogP contribution >= 0.6 is 0 Å². The van der Waals surface area contributed by atoms with E-state index in [9.17, 15) is 28.3 Å². The van der Waals surface area contributed by atoms with Gasteiger partial charge in [-0.1, -0.05) is 12.1 Å². The van der Waals surface area contributed by atoms with Crippen LogP contribution in [0.4, 0.5) is 13.6 Å². The summed E-state index contributed by atoms with van der Waals surface area (Å²) in [5.41, 5.74) is -0.423. The lowest BCUT2D eigenvalue weighted by Gasteiger charge is -2.30. The number of esters is 1. The molecule has 2 atom stereocenters. The Kier molecular flexibility index (Phi) is 5.62. The molecule has 10 heteroatoms. The van der Waals surface area contributed by atoms with Crippen LogP contribution in [0, 0.1) is 11.3 Å². The van der Waals surface area contributed by atoms with Crippen molar-refractivity contribution in [1.82, 2.24) is 9.80 Å². The van der Waals surface area contributed by atoms with Crippen molar-refractivity contribution in [2.45, 2.75) is 32.4 Å². The van der Waals surface area contributed by atoms with Gasteiger partial charge in [0.2, 0.25) is 5.91 Å². The van der Waals surface area contributed by atoms with Gasteiger partial charge in [0.05, 0.1) is 25.1 Å². The Hall–Kier alpha value is -2.91. The van der Waals surface area contributed by atoms with Gasteiger partial charge in [-0.2, -0.15) is 0 Å². The van der Waals surface area contributed by atoms with Crippen molar-refractivity contribution < 1.29 is 37.7 Å². The fourth-order valence-corrected chi connectivity index (χ4v) is 3.93. The number of halogens is 2. The average Bonchev–Trinajstić information content (AvgIpc) is 3.14. The molecule has 3 rings (SSSR count). The first kappa shape index (κ1) is 21.8. The van der Waals surface area contributed by atoms with E-state index in [0.717, 1.165) is 10.5 Å². The summed E-state index contributed by atoms with van der Waals surface area (Å²) in [5.74, 6) is -5.93. The molecule has 2 amide bonds. The van der Waals surface area contributed by atoms with Gasteiger partial charge in [-0.15, -0.1) is 0 Å². The molecule has 1 aromatic rings. The Balaban J connectivity index is 1.63. The fourth-order valence-electron chi connectivity index (χ4n) is 3.93. The number of nitrogens with zero attached hydrogens (tertiary/aromatic N) is 2. The van der Waals surface area contributed by atoms with Crippen molar-refractivity contribution in [1.29, 1.82) is 0 Å². The molecule has 0 saturated carbocycles. The molecule has 164 valence electrons. The van der Waals surface area contributed by atoms with Gasteiger partial charge in [0.1, 0.15) is 18.3 Å². The first-order valence-corrected chi connectivity index (χ1v) is 9.42. The van der Waals surface area contributed by atoms with Crippen LogP contribution in [0.3, 0.4) is 0 Å². The molecule has 2 fully saturated rings. The van der Waals surface area contributed by atoms with E-state index in [1.165, 1.54) is 7.11 Å². The number of benzene rings is 1. The molecule has 2 unspecified atom stereocenters. The summed E-state index contributed by atoms with van der Waals surface area (Å²) >= 11 is 0. The molecule has 8 nitrogen and oxygen atoms in total. The number of ether oxygens (including phenoxy) is 2. The summed E-state index contributed by atoms with van der Waals surface area (Å²) < 4.78 is 38.9. The predicted molar refractivity (Wildman–Crippen MR) is 100 cm³/mol. The number of hydrogen-bond acceptors (Lipinski definition) is 5. The second-order valence-electron chi connectivity index (χ2n) is 8.24. The molecule has 0 radical (unpaired) electrons. The molecule has 0 aliphatic carbocycles. The van der Waals surface area contributed by atoms with Gasteiger partial charge in [0, 0.05) is 13.1 Å². The van der Waals surface area contributed by atoms with Crippen LogP contribution < -0.4 is 4.74 Å².